The molecule has 15 heavy (non-hydrogen) atoms. The maximum absolute atomic E-state index is 11.4. The highest BCUT2D eigenvalue weighted by atomic mass is 79.9. The average molecular weight is 267 g/mol. The van der Waals surface area contributed by atoms with E-state index in [1.54, 1.807) is 6.26 Å². The van der Waals surface area contributed by atoms with Gasteiger partial charge in [0.15, 0.2) is 11.5 Å². The molecule has 2 aromatic rings. The largest absolute Gasteiger partial charge is 0.460 e. The van der Waals surface area contributed by atoms with Gasteiger partial charge < -0.3 is 4.42 Å². The van der Waals surface area contributed by atoms with Crippen molar-refractivity contribution in [3.63, 3.8) is 0 Å². The Hall–Kier alpha value is -1.09. The molecule has 3 heteroatoms. The predicted molar refractivity (Wildman–Crippen MR) is 63.3 cm³/mol. The number of carbonyl (C=O) groups excluding carboxylic acids is 1. The van der Waals surface area contributed by atoms with E-state index >= 15 is 0 Å². The number of ketones is 1. The minimum Gasteiger partial charge on any atom is -0.460 e. The zero-order valence-corrected chi connectivity index (χ0v) is 10.2. The summed E-state index contributed by atoms with van der Waals surface area (Å²) in [5, 5.41) is 1.93. The topological polar surface area (TPSA) is 30.2 Å². The number of aryl methyl sites for hydroxylation is 1. The molecule has 0 fully saturated rings. The summed E-state index contributed by atoms with van der Waals surface area (Å²) in [4.78, 5) is 11.4. The summed E-state index contributed by atoms with van der Waals surface area (Å²) in [6.07, 6.45) is 2.52. The van der Waals surface area contributed by atoms with Crippen molar-refractivity contribution in [3.05, 3.63) is 34.2 Å². The molecule has 78 valence electrons. The smallest absolute Gasteiger partial charge is 0.195 e. The molecule has 0 N–H and O–H groups in total. The van der Waals surface area contributed by atoms with E-state index in [0.717, 1.165) is 27.2 Å². The molecule has 2 nitrogen and oxygen atoms in total. The molecule has 0 aliphatic heterocycles. The highest BCUT2D eigenvalue weighted by molar-refractivity contribution is 9.10. The van der Waals surface area contributed by atoms with E-state index in [0.29, 0.717) is 5.76 Å². The number of benzene rings is 1. The van der Waals surface area contributed by atoms with Crippen molar-refractivity contribution in [2.75, 3.05) is 0 Å². The van der Waals surface area contributed by atoms with Crippen LogP contribution in [-0.4, -0.2) is 5.78 Å². The average Bonchev–Trinajstić information content (AvgIpc) is 2.59. The molecule has 1 aromatic carbocycles. The van der Waals surface area contributed by atoms with E-state index in [-0.39, 0.29) is 5.78 Å². The molecule has 0 atom stereocenters. The molecular formula is C12H11BrO2. The van der Waals surface area contributed by atoms with Gasteiger partial charge in [0.25, 0.3) is 0 Å². The first-order valence-corrected chi connectivity index (χ1v) is 5.63. The second kappa shape index (κ2) is 3.81. The second-order valence-corrected chi connectivity index (χ2v) is 4.42. The van der Waals surface area contributed by atoms with Gasteiger partial charge in [0.2, 0.25) is 0 Å². The molecule has 2 rings (SSSR count). The van der Waals surface area contributed by atoms with Gasteiger partial charge in [0, 0.05) is 22.2 Å². The van der Waals surface area contributed by atoms with Gasteiger partial charge in [-0.25, -0.2) is 0 Å². The Bertz CT molecular complexity index is 526. The predicted octanol–water partition coefficient (Wildman–Crippen LogP) is 3.96. The van der Waals surface area contributed by atoms with E-state index in [4.69, 9.17) is 4.42 Å². The Kier molecular flexibility index (Phi) is 2.65. The van der Waals surface area contributed by atoms with Crippen molar-refractivity contribution in [2.45, 2.75) is 20.3 Å². The standard InChI is InChI=1S/C12H11BrO2/c1-3-8-4-10(13)5-9-6-15-12(7(2)14)11(8)9/h4-6H,3H2,1-2H3. The fraction of sp³-hybridized carbons (Fsp3) is 0.250. The zero-order valence-electron chi connectivity index (χ0n) is 8.63. The quantitative estimate of drug-likeness (QED) is 0.771. The van der Waals surface area contributed by atoms with Gasteiger partial charge in [-0.1, -0.05) is 22.9 Å². The Morgan fingerprint density at radius 1 is 1.47 bits per heavy atom. The molecule has 1 heterocycles. The zero-order chi connectivity index (χ0) is 11.0. The molecule has 0 spiro atoms. The van der Waals surface area contributed by atoms with Gasteiger partial charge in [-0.05, 0) is 24.1 Å². The lowest BCUT2D eigenvalue weighted by Crippen LogP contribution is -1.92. The maximum Gasteiger partial charge on any atom is 0.195 e. The van der Waals surface area contributed by atoms with E-state index in [2.05, 4.69) is 22.9 Å². The summed E-state index contributed by atoms with van der Waals surface area (Å²) in [5.41, 5.74) is 1.14. The van der Waals surface area contributed by atoms with Crippen LogP contribution in [0.3, 0.4) is 0 Å². The van der Waals surface area contributed by atoms with Crippen LogP contribution in [0.15, 0.2) is 27.3 Å². The van der Waals surface area contributed by atoms with Crippen LogP contribution in [-0.2, 0) is 6.42 Å². The number of furan rings is 1. The molecule has 0 unspecified atom stereocenters. The Labute approximate surface area is 96.4 Å². The minimum absolute atomic E-state index is 0.0259. The molecule has 0 radical (unpaired) electrons. The Morgan fingerprint density at radius 2 is 2.20 bits per heavy atom. The van der Waals surface area contributed by atoms with Crippen LogP contribution in [0.25, 0.3) is 10.8 Å². The van der Waals surface area contributed by atoms with Crippen molar-refractivity contribution in [1.29, 1.82) is 0 Å². The Balaban J connectivity index is 2.83. The first-order valence-electron chi connectivity index (χ1n) is 4.84. The monoisotopic (exact) mass is 266 g/mol. The Morgan fingerprint density at radius 3 is 2.80 bits per heavy atom. The first-order chi connectivity index (χ1) is 7.13. The van der Waals surface area contributed by atoms with Crippen LogP contribution < -0.4 is 0 Å². The van der Waals surface area contributed by atoms with Gasteiger partial charge in [0.1, 0.15) is 0 Å². The third kappa shape index (κ3) is 1.72. The molecule has 0 saturated carbocycles. The fourth-order valence-corrected chi connectivity index (χ4v) is 2.30. The summed E-state index contributed by atoms with van der Waals surface area (Å²) >= 11 is 3.44. The van der Waals surface area contributed by atoms with Crippen LogP contribution in [0, 0.1) is 0 Å². The van der Waals surface area contributed by atoms with Gasteiger partial charge in [-0.2, -0.15) is 0 Å². The third-order valence-corrected chi connectivity index (χ3v) is 2.90. The number of hydrogen-bond acceptors (Lipinski definition) is 2. The summed E-state index contributed by atoms with van der Waals surface area (Å²) in [6.45, 7) is 3.60. The molecule has 0 aliphatic rings. The summed E-state index contributed by atoms with van der Waals surface area (Å²) in [7, 11) is 0. The lowest BCUT2D eigenvalue weighted by atomic mass is 10.0. The highest BCUT2D eigenvalue weighted by Crippen LogP contribution is 2.29. The molecule has 0 bridgehead atoms. The van der Waals surface area contributed by atoms with Crippen LogP contribution >= 0.6 is 15.9 Å². The van der Waals surface area contributed by atoms with Gasteiger partial charge in [-0.15, -0.1) is 0 Å². The van der Waals surface area contributed by atoms with E-state index < -0.39 is 0 Å². The van der Waals surface area contributed by atoms with Crippen molar-refractivity contribution < 1.29 is 9.21 Å². The van der Waals surface area contributed by atoms with Crippen LogP contribution in [0.1, 0.15) is 30.0 Å². The van der Waals surface area contributed by atoms with E-state index in [1.165, 1.54) is 6.92 Å². The van der Waals surface area contributed by atoms with Crippen molar-refractivity contribution >= 4 is 32.5 Å². The van der Waals surface area contributed by atoms with Crippen LogP contribution in [0.5, 0.6) is 0 Å². The normalized spacial score (nSPS) is 10.9. The SMILES string of the molecule is CCc1cc(Br)cc2coc(C(C)=O)c12. The maximum atomic E-state index is 11.4. The summed E-state index contributed by atoms with van der Waals surface area (Å²) in [5.74, 6) is 0.441. The lowest BCUT2D eigenvalue weighted by molar-refractivity contribution is 0.0989. The van der Waals surface area contributed by atoms with Gasteiger partial charge in [0.05, 0.1) is 6.26 Å². The van der Waals surface area contributed by atoms with Crippen molar-refractivity contribution in [2.24, 2.45) is 0 Å². The second-order valence-electron chi connectivity index (χ2n) is 3.50. The summed E-state index contributed by atoms with van der Waals surface area (Å²) < 4.78 is 6.32. The van der Waals surface area contributed by atoms with E-state index in [1.807, 2.05) is 12.1 Å². The molecule has 1 aromatic heterocycles. The number of carbonyl (C=O) groups is 1. The first kappa shape index (κ1) is 10.4. The lowest BCUT2D eigenvalue weighted by Gasteiger charge is -2.01. The third-order valence-electron chi connectivity index (χ3n) is 2.45. The molecule has 0 aliphatic carbocycles. The number of fused-ring (bicyclic) bond motifs is 1. The van der Waals surface area contributed by atoms with E-state index in [9.17, 15) is 4.79 Å². The van der Waals surface area contributed by atoms with Gasteiger partial charge in [-0.3, -0.25) is 4.79 Å². The van der Waals surface area contributed by atoms with Gasteiger partial charge >= 0.3 is 0 Å². The van der Waals surface area contributed by atoms with Crippen molar-refractivity contribution in [1.82, 2.24) is 0 Å². The number of rotatable bonds is 2. The number of hydrogen-bond donors (Lipinski definition) is 0. The summed E-state index contributed by atoms with van der Waals surface area (Å²) in [6, 6.07) is 3.99. The van der Waals surface area contributed by atoms with Crippen LogP contribution in [0.4, 0.5) is 0 Å². The highest BCUT2D eigenvalue weighted by Gasteiger charge is 2.14. The molecular weight excluding hydrogens is 256 g/mol. The number of halogens is 1. The van der Waals surface area contributed by atoms with Crippen LogP contribution in [0.2, 0.25) is 0 Å². The minimum atomic E-state index is -0.0259. The molecule has 0 amide bonds. The number of Topliss-reactive ketones (excluding diaryl/α,β-unsaturated/α-hetero) is 1. The van der Waals surface area contributed by atoms with Crippen molar-refractivity contribution in [3.8, 4) is 0 Å². The fourth-order valence-electron chi connectivity index (χ4n) is 1.78. The molecule has 0 saturated heterocycles.